The van der Waals surface area contributed by atoms with Crippen molar-refractivity contribution in [3.05, 3.63) is 0 Å². The summed E-state index contributed by atoms with van der Waals surface area (Å²) < 4.78 is 0. The summed E-state index contributed by atoms with van der Waals surface area (Å²) in [6.45, 7) is 8.19. The van der Waals surface area contributed by atoms with Crippen LogP contribution in [0.5, 0.6) is 0 Å². The molecule has 0 saturated carbocycles. The molecule has 2 heteroatoms. The molecule has 14 heavy (non-hydrogen) atoms. The summed E-state index contributed by atoms with van der Waals surface area (Å²) in [6.07, 6.45) is 3.88. The summed E-state index contributed by atoms with van der Waals surface area (Å²) in [5.74, 6) is 0.464. The third kappa shape index (κ3) is 5.90. The molecule has 0 aliphatic rings. The highest BCUT2D eigenvalue weighted by Gasteiger charge is 2.19. The summed E-state index contributed by atoms with van der Waals surface area (Å²) in [6, 6.07) is 0. The van der Waals surface area contributed by atoms with Crippen LogP contribution >= 0.6 is 0 Å². The Hall–Kier alpha value is -0.660. The van der Waals surface area contributed by atoms with Gasteiger partial charge in [-0.15, -0.1) is 0 Å². The summed E-state index contributed by atoms with van der Waals surface area (Å²) >= 11 is 0. The van der Waals surface area contributed by atoms with Gasteiger partial charge in [-0.05, 0) is 24.7 Å². The van der Waals surface area contributed by atoms with E-state index in [0.717, 1.165) is 6.42 Å². The molecule has 0 aromatic rings. The molecule has 1 atom stereocenters. The Labute approximate surface area is 87.1 Å². The normalized spacial score (nSPS) is 13.3. The second-order valence-electron chi connectivity index (χ2n) is 4.70. The van der Waals surface area contributed by atoms with Gasteiger partial charge in [-0.1, -0.05) is 27.7 Å². The molecule has 0 aliphatic carbocycles. The van der Waals surface area contributed by atoms with Gasteiger partial charge in [0.15, 0.2) is 0 Å². The van der Waals surface area contributed by atoms with Crippen molar-refractivity contribution >= 4 is 12.1 Å². The fraction of sp³-hybridized carbons (Fsp3) is 0.833. The van der Waals surface area contributed by atoms with Crippen molar-refractivity contribution < 1.29 is 9.59 Å². The van der Waals surface area contributed by atoms with Crippen molar-refractivity contribution in [3.63, 3.8) is 0 Å². The van der Waals surface area contributed by atoms with E-state index in [4.69, 9.17) is 0 Å². The maximum atomic E-state index is 11.6. The first-order valence-electron chi connectivity index (χ1n) is 5.37. The zero-order valence-electron chi connectivity index (χ0n) is 9.67. The fourth-order valence-electron chi connectivity index (χ4n) is 1.32. The lowest BCUT2D eigenvalue weighted by molar-refractivity contribution is -0.121. The number of ketones is 1. The molecule has 0 heterocycles. The number of hydrogen-bond donors (Lipinski definition) is 0. The van der Waals surface area contributed by atoms with Gasteiger partial charge in [-0.25, -0.2) is 0 Å². The van der Waals surface area contributed by atoms with Crippen LogP contribution in [0.25, 0.3) is 0 Å². The lowest BCUT2D eigenvalue weighted by Crippen LogP contribution is -2.18. The van der Waals surface area contributed by atoms with E-state index in [1.54, 1.807) is 0 Å². The van der Waals surface area contributed by atoms with E-state index in [1.807, 2.05) is 20.1 Å². The molecule has 0 fully saturated rings. The van der Waals surface area contributed by atoms with Crippen molar-refractivity contribution in [1.82, 2.24) is 0 Å². The minimum Gasteiger partial charge on any atom is -0.299 e. The quantitative estimate of drug-likeness (QED) is 0.588. The van der Waals surface area contributed by atoms with E-state index in [2.05, 4.69) is 13.8 Å². The van der Waals surface area contributed by atoms with Crippen LogP contribution in [-0.4, -0.2) is 12.1 Å². The van der Waals surface area contributed by atoms with E-state index >= 15 is 0 Å². The molecule has 0 amide bonds. The number of carbonyl (C=O) groups excluding carboxylic acids is 2. The second-order valence-corrected chi connectivity index (χ2v) is 4.70. The molecule has 0 aromatic carbocycles. The van der Waals surface area contributed by atoms with Crippen molar-refractivity contribution in [2.75, 3.05) is 0 Å². The third-order valence-electron chi connectivity index (χ3n) is 2.21. The summed E-state index contributed by atoms with van der Waals surface area (Å²) in [5, 5.41) is 0. The highest BCUT2D eigenvalue weighted by molar-refractivity contribution is 5.93. The Morgan fingerprint density at radius 1 is 1.14 bits per heavy atom. The Kier molecular flexibility index (Phi) is 6.43. The van der Waals surface area contributed by atoms with E-state index in [-0.39, 0.29) is 5.78 Å². The monoisotopic (exact) mass is 197 g/mol. The average Bonchev–Trinajstić information content (AvgIpc) is 2.09. The van der Waals surface area contributed by atoms with E-state index < -0.39 is 5.92 Å². The number of carbonyl (C=O) groups is 1. The van der Waals surface area contributed by atoms with Gasteiger partial charge in [0.25, 0.3) is 0 Å². The van der Waals surface area contributed by atoms with Crippen LogP contribution in [0.3, 0.4) is 0 Å². The van der Waals surface area contributed by atoms with Gasteiger partial charge in [0.05, 0.1) is 5.92 Å². The van der Waals surface area contributed by atoms with Crippen LogP contribution in [0, 0.1) is 17.8 Å². The Morgan fingerprint density at radius 2 is 1.71 bits per heavy atom. The summed E-state index contributed by atoms with van der Waals surface area (Å²) in [5.41, 5.74) is 0. The van der Waals surface area contributed by atoms with E-state index in [1.165, 1.54) is 0 Å². The van der Waals surface area contributed by atoms with Gasteiger partial charge in [-0.3, -0.25) is 9.59 Å². The Morgan fingerprint density at radius 3 is 2.07 bits per heavy atom. The second kappa shape index (κ2) is 6.74. The van der Waals surface area contributed by atoms with Crippen molar-refractivity contribution in [3.8, 4) is 0 Å². The standard InChI is InChI=1S/C12H21O2/c1-9(2)5-6-12(14)11(8-13)7-10(3)4/h9-11H,5-7H2,1-4H3. The molecule has 0 N–H and O–H groups in total. The Bertz CT molecular complexity index is 183. The summed E-state index contributed by atoms with van der Waals surface area (Å²) in [4.78, 5) is 22.1. The van der Waals surface area contributed by atoms with Crippen molar-refractivity contribution in [2.45, 2.75) is 47.0 Å². The first-order chi connectivity index (χ1) is 6.47. The van der Waals surface area contributed by atoms with Crippen molar-refractivity contribution in [2.24, 2.45) is 17.8 Å². The third-order valence-corrected chi connectivity index (χ3v) is 2.21. The van der Waals surface area contributed by atoms with Gasteiger partial charge in [0.1, 0.15) is 5.78 Å². The Balaban J connectivity index is 3.98. The molecular formula is C12H21O2. The van der Waals surface area contributed by atoms with Crippen molar-refractivity contribution in [1.29, 1.82) is 0 Å². The zero-order valence-corrected chi connectivity index (χ0v) is 9.67. The molecule has 0 saturated heterocycles. The fourth-order valence-corrected chi connectivity index (χ4v) is 1.32. The number of Topliss-reactive ketones (excluding diaryl/α,β-unsaturated/α-hetero) is 1. The molecule has 81 valence electrons. The van der Waals surface area contributed by atoms with Crippen LogP contribution in [-0.2, 0) is 9.59 Å². The lowest BCUT2D eigenvalue weighted by atomic mass is 9.91. The topological polar surface area (TPSA) is 34.1 Å². The van der Waals surface area contributed by atoms with Crippen LogP contribution < -0.4 is 0 Å². The minimum absolute atomic E-state index is 0.0578. The average molecular weight is 197 g/mol. The molecule has 1 radical (unpaired) electrons. The molecule has 0 spiro atoms. The molecule has 0 aliphatic heterocycles. The smallest absolute Gasteiger partial charge is 0.209 e. The molecular weight excluding hydrogens is 176 g/mol. The minimum atomic E-state index is -0.492. The number of rotatable bonds is 7. The number of hydrogen-bond acceptors (Lipinski definition) is 2. The van der Waals surface area contributed by atoms with Gasteiger partial charge in [0.2, 0.25) is 6.29 Å². The largest absolute Gasteiger partial charge is 0.299 e. The predicted molar refractivity (Wildman–Crippen MR) is 57.7 cm³/mol. The first kappa shape index (κ1) is 13.3. The van der Waals surface area contributed by atoms with Gasteiger partial charge in [-0.2, -0.15) is 0 Å². The maximum Gasteiger partial charge on any atom is 0.209 e. The highest BCUT2D eigenvalue weighted by atomic mass is 16.1. The molecule has 0 bridgehead atoms. The van der Waals surface area contributed by atoms with Gasteiger partial charge >= 0.3 is 0 Å². The highest BCUT2D eigenvalue weighted by Crippen LogP contribution is 2.15. The van der Waals surface area contributed by atoms with Crippen LogP contribution in [0.2, 0.25) is 0 Å². The van der Waals surface area contributed by atoms with Gasteiger partial charge < -0.3 is 0 Å². The van der Waals surface area contributed by atoms with Crippen LogP contribution in [0.15, 0.2) is 0 Å². The lowest BCUT2D eigenvalue weighted by Gasteiger charge is -2.11. The zero-order chi connectivity index (χ0) is 11.1. The van der Waals surface area contributed by atoms with E-state index in [0.29, 0.717) is 24.7 Å². The first-order valence-corrected chi connectivity index (χ1v) is 5.37. The molecule has 0 aromatic heterocycles. The SMILES string of the molecule is CC(C)CCC(=O)C([C]=O)CC(C)C. The molecule has 1 unspecified atom stereocenters. The van der Waals surface area contributed by atoms with Gasteiger partial charge in [0, 0.05) is 6.42 Å². The molecule has 0 rings (SSSR count). The van der Waals surface area contributed by atoms with Crippen LogP contribution in [0.1, 0.15) is 47.0 Å². The molecule has 2 nitrogen and oxygen atoms in total. The predicted octanol–water partition coefficient (Wildman–Crippen LogP) is 2.76. The van der Waals surface area contributed by atoms with Crippen LogP contribution in [0.4, 0.5) is 0 Å². The maximum absolute atomic E-state index is 11.6. The van der Waals surface area contributed by atoms with E-state index in [9.17, 15) is 9.59 Å². The summed E-state index contributed by atoms with van der Waals surface area (Å²) in [7, 11) is 0.